The first-order valence-electron chi connectivity index (χ1n) is 6.45. The van der Waals surface area contributed by atoms with Crippen LogP contribution in [-0.2, 0) is 6.42 Å². The van der Waals surface area contributed by atoms with Gasteiger partial charge in [-0.3, -0.25) is 0 Å². The lowest BCUT2D eigenvalue weighted by Crippen LogP contribution is -1.91. The van der Waals surface area contributed by atoms with Crippen molar-refractivity contribution in [2.24, 2.45) is 0 Å². The topological polar surface area (TPSA) is 64.9 Å². The molecule has 1 aromatic heterocycles. The number of rotatable bonds is 3. The van der Waals surface area contributed by atoms with Crippen LogP contribution < -0.4 is 5.73 Å². The van der Waals surface area contributed by atoms with Gasteiger partial charge in [-0.25, -0.2) is 0 Å². The van der Waals surface area contributed by atoms with E-state index in [1.54, 1.807) is 0 Å². The highest BCUT2D eigenvalue weighted by Gasteiger charge is 2.10. The maximum atomic E-state index is 5.90. The van der Waals surface area contributed by atoms with E-state index in [1.165, 1.54) is 0 Å². The van der Waals surface area contributed by atoms with E-state index in [0.717, 1.165) is 22.4 Å². The van der Waals surface area contributed by atoms with Crippen molar-refractivity contribution in [3.8, 4) is 11.4 Å². The first kappa shape index (κ1) is 12.4. The standard InChI is InChI=1S/C16H15N3O/c1-11-7-8-13(10-14(11)17)16-18-15(20-19-16)9-12-5-3-2-4-6-12/h2-8,10H,9,17H2,1H3. The Morgan fingerprint density at radius 3 is 2.65 bits per heavy atom. The molecule has 0 fully saturated rings. The molecule has 0 unspecified atom stereocenters. The highest BCUT2D eigenvalue weighted by molar-refractivity contribution is 5.63. The predicted octanol–water partition coefficient (Wildman–Crippen LogP) is 3.22. The fourth-order valence-corrected chi connectivity index (χ4v) is 1.99. The maximum Gasteiger partial charge on any atom is 0.231 e. The second-order valence-corrected chi connectivity index (χ2v) is 4.75. The molecular weight excluding hydrogens is 250 g/mol. The summed E-state index contributed by atoms with van der Waals surface area (Å²) in [5.41, 5.74) is 9.69. The molecule has 4 nitrogen and oxygen atoms in total. The Morgan fingerprint density at radius 1 is 1.10 bits per heavy atom. The molecule has 3 rings (SSSR count). The lowest BCUT2D eigenvalue weighted by Gasteiger charge is -2.00. The van der Waals surface area contributed by atoms with Crippen molar-refractivity contribution in [3.05, 3.63) is 65.5 Å². The molecule has 100 valence electrons. The molecule has 20 heavy (non-hydrogen) atoms. The van der Waals surface area contributed by atoms with E-state index >= 15 is 0 Å². The Labute approximate surface area is 117 Å². The van der Waals surface area contributed by atoms with Gasteiger partial charge in [-0.05, 0) is 24.1 Å². The van der Waals surface area contributed by atoms with Crippen molar-refractivity contribution in [2.45, 2.75) is 13.3 Å². The number of aryl methyl sites for hydroxylation is 1. The minimum atomic E-state index is 0.572. The summed E-state index contributed by atoms with van der Waals surface area (Å²) in [6, 6.07) is 15.8. The van der Waals surface area contributed by atoms with Gasteiger partial charge in [0, 0.05) is 11.3 Å². The van der Waals surface area contributed by atoms with Gasteiger partial charge in [0.25, 0.3) is 0 Å². The minimum Gasteiger partial charge on any atom is -0.398 e. The van der Waals surface area contributed by atoms with Gasteiger partial charge in [0.2, 0.25) is 11.7 Å². The summed E-state index contributed by atoms with van der Waals surface area (Å²) in [4.78, 5) is 4.41. The quantitative estimate of drug-likeness (QED) is 0.738. The monoisotopic (exact) mass is 265 g/mol. The zero-order chi connectivity index (χ0) is 13.9. The average Bonchev–Trinajstić information content (AvgIpc) is 2.91. The normalized spacial score (nSPS) is 10.7. The average molecular weight is 265 g/mol. The van der Waals surface area contributed by atoms with Crippen LogP contribution in [0.5, 0.6) is 0 Å². The van der Waals surface area contributed by atoms with Gasteiger partial charge in [0.1, 0.15) is 0 Å². The number of nitrogen functional groups attached to an aromatic ring is 1. The molecule has 3 aromatic rings. The van der Waals surface area contributed by atoms with Gasteiger partial charge in [-0.15, -0.1) is 0 Å². The molecular formula is C16H15N3O. The maximum absolute atomic E-state index is 5.90. The molecule has 0 bridgehead atoms. The van der Waals surface area contributed by atoms with Crippen LogP contribution in [0.15, 0.2) is 53.1 Å². The molecule has 0 saturated carbocycles. The Kier molecular flexibility index (Phi) is 3.21. The van der Waals surface area contributed by atoms with E-state index in [-0.39, 0.29) is 0 Å². The number of hydrogen-bond acceptors (Lipinski definition) is 4. The van der Waals surface area contributed by atoms with Gasteiger partial charge in [0.05, 0.1) is 6.42 Å². The van der Waals surface area contributed by atoms with E-state index in [2.05, 4.69) is 10.1 Å². The number of benzene rings is 2. The molecule has 0 spiro atoms. The third-order valence-electron chi connectivity index (χ3n) is 3.20. The SMILES string of the molecule is Cc1ccc(-c2noc(Cc3ccccc3)n2)cc1N. The first-order valence-corrected chi connectivity index (χ1v) is 6.45. The highest BCUT2D eigenvalue weighted by Crippen LogP contribution is 2.21. The largest absolute Gasteiger partial charge is 0.398 e. The molecule has 0 atom stereocenters. The predicted molar refractivity (Wildman–Crippen MR) is 78.1 cm³/mol. The fourth-order valence-electron chi connectivity index (χ4n) is 1.99. The second-order valence-electron chi connectivity index (χ2n) is 4.75. The molecule has 1 heterocycles. The van der Waals surface area contributed by atoms with Crippen molar-refractivity contribution >= 4 is 5.69 Å². The van der Waals surface area contributed by atoms with Crippen molar-refractivity contribution in [1.82, 2.24) is 10.1 Å². The Hall–Kier alpha value is -2.62. The summed E-state index contributed by atoms with van der Waals surface area (Å²) in [7, 11) is 0. The second kappa shape index (κ2) is 5.17. The van der Waals surface area contributed by atoms with Crippen LogP contribution >= 0.6 is 0 Å². The summed E-state index contributed by atoms with van der Waals surface area (Å²) in [5, 5.41) is 4.01. The Morgan fingerprint density at radius 2 is 1.90 bits per heavy atom. The third kappa shape index (κ3) is 2.54. The molecule has 0 amide bonds. The van der Waals surface area contributed by atoms with Crippen LogP contribution in [0.1, 0.15) is 17.0 Å². The molecule has 0 saturated heterocycles. The van der Waals surface area contributed by atoms with Crippen molar-refractivity contribution in [2.75, 3.05) is 5.73 Å². The molecule has 2 N–H and O–H groups in total. The van der Waals surface area contributed by atoms with Gasteiger partial charge >= 0.3 is 0 Å². The fraction of sp³-hybridized carbons (Fsp3) is 0.125. The van der Waals surface area contributed by atoms with Gasteiger partial charge in [-0.2, -0.15) is 4.98 Å². The van der Waals surface area contributed by atoms with Crippen LogP contribution in [-0.4, -0.2) is 10.1 Å². The van der Waals surface area contributed by atoms with Crippen molar-refractivity contribution in [1.29, 1.82) is 0 Å². The number of nitrogens with zero attached hydrogens (tertiary/aromatic N) is 2. The number of anilines is 1. The first-order chi connectivity index (χ1) is 9.72. The Balaban J connectivity index is 1.84. The summed E-state index contributed by atoms with van der Waals surface area (Å²) >= 11 is 0. The van der Waals surface area contributed by atoms with E-state index in [4.69, 9.17) is 10.3 Å². The van der Waals surface area contributed by atoms with Crippen LogP contribution in [0.4, 0.5) is 5.69 Å². The zero-order valence-corrected chi connectivity index (χ0v) is 11.2. The lowest BCUT2D eigenvalue weighted by molar-refractivity contribution is 0.385. The summed E-state index contributed by atoms with van der Waals surface area (Å²) in [6.45, 7) is 1.97. The molecule has 0 aliphatic heterocycles. The molecule has 2 aromatic carbocycles. The lowest BCUT2D eigenvalue weighted by atomic mass is 10.1. The molecule has 0 aliphatic carbocycles. The van der Waals surface area contributed by atoms with Crippen LogP contribution in [0.2, 0.25) is 0 Å². The minimum absolute atomic E-state index is 0.572. The van der Waals surface area contributed by atoms with Crippen LogP contribution in [0, 0.1) is 6.92 Å². The smallest absolute Gasteiger partial charge is 0.231 e. The zero-order valence-electron chi connectivity index (χ0n) is 11.2. The van der Waals surface area contributed by atoms with E-state index in [9.17, 15) is 0 Å². The van der Waals surface area contributed by atoms with Gasteiger partial charge < -0.3 is 10.3 Å². The molecule has 4 heteroatoms. The van der Waals surface area contributed by atoms with E-state index in [0.29, 0.717) is 18.1 Å². The van der Waals surface area contributed by atoms with E-state index < -0.39 is 0 Å². The number of hydrogen-bond donors (Lipinski definition) is 1. The van der Waals surface area contributed by atoms with Crippen LogP contribution in [0.25, 0.3) is 11.4 Å². The molecule has 0 radical (unpaired) electrons. The van der Waals surface area contributed by atoms with Crippen molar-refractivity contribution < 1.29 is 4.52 Å². The summed E-state index contributed by atoms with van der Waals surface area (Å²) in [5.74, 6) is 1.17. The number of aromatic nitrogens is 2. The highest BCUT2D eigenvalue weighted by atomic mass is 16.5. The van der Waals surface area contributed by atoms with E-state index in [1.807, 2.05) is 55.5 Å². The van der Waals surface area contributed by atoms with Gasteiger partial charge in [-0.1, -0.05) is 47.6 Å². The third-order valence-corrected chi connectivity index (χ3v) is 3.20. The van der Waals surface area contributed by atoms with Crippen LogP contribution in [0.3, 0.4) is 0 Å². The summed E-state index contributed by atoms with van der Waals surface area (Å²) in [6.07, 6.45) is 0.634. The van der Waals surface area contributed by atoms with Gasteiger partial charge in [0.15, 0.2) is 0 Å². The van der Waals surface area contributed by atoms with Crippen molar-refractivity contribution in [3.63, 3.8) is 0 Å². The number of nitrogens with two attached hydrogens (primary N) is 1. The summed E-state index contributed by atoms with van der Waals surface area (Å²) < 4.78 is 5.29. The Bertz CT molecular complexity index is 720. The molecule has 0 aliphatic rings.